The molecule has 0 aromatic rings. The van der Waals surface area contributed by atoms with Gasteiger partial charge in [0.2, 0.25) is 0 Å². The summed E-state index contributed by atoms with van der Waals surface area (Å²) < 4.78 is 5.49. The van der Waals surface area contributed by atoms with Crippen LogP contribution in [0.15, 0.2) is 0 Å². The lowest BCUT2D eigenvalue weighted by atomic mass is 9.97. The van der Waals surface area contributed by atoms with Crippen molar-refractivity contribution in [3.8, 4) is 0 Å². The molecular formula is C20H40O2. The van der Waals surface area contributed by atoms with Crippen molar-refractivity contribution in [1.29, 1.82) is 0 Å². The zero-order valence-corrected chi connectivity index (χ0v) is 15.5. The highest BCUT2D eigenvalue weighted by Gasteiger charge is 2.18. The molecule has 0 aliphatic rings. The fourth-order valence-corrected chi connectivity index (χ4v) is 2.90. The first kappa shape index (κ1) is 21.5. The predicted octanol–water partition coefficient (Wildman–Crippen LogP) is 6.67. The summed E-state index contributed by atoms with van der Waals surface area (Å²) in [6.45, 7) is 7.23. The van der Waals surface area contributed by atoms with Gasteiger partial charge in [-0.05, 0) is 19.3 Å². The molecule has 0 bridgehead atoms. The number of ether oxygens (including phenoxy) is 1. The average molecular weight is 313 g/mol. The fourth-order valence-electron chi connectivity index (χ4n) is 2.90. The van der Waals surface area contributed by atoms with Gasteiger partial charge in [-0.2, -0.15) is 0 Å². The summed E-state index contributed by atoms with van der Waals surface area (Å²) >= 11 is 0. The Labute approximate surface area is 139 Å². The third-order valence-corrected chi connectivity index (χ3v) is 4.37. The quantitative estimate of drug-likeness (QED) is 0.235. The van der Waals surface area contributed by atoms with Crippen molar-refractivity contribution in [3.63, 3.8) is 0 Å². The van der Waals surface area contributed by atoms with Gasteiger partial charge in [0.15, 0.2) is 0 Å². The average Bonchev–Trinajstić information content (AvgIpc) is 2.52. The molecular weight excluding hydrogens is 272 g/mol. The van der Waals surface area contributed by atoms with Crippen LogP contribution in [0.5, 0.6) is 0 Å². The Bertz CT molecular complexity index is 238. The lowest BCUT2D eigenvalue weighted by Gasteiger charge is -2.15. The van der Waals surface area contributed by atoms with E-state index in [4.69, 9.17) is 4.74 Å². The summed E-state index contributed by atoms with van der Waals surface area (Å²) in [6, 6.07) is 0. The SMILES string of the molecule is CCCCCCCCCCOC(=O)C(CCC)CCCCC. The molecule has 1 unspecified atom stereocenters. The van der Waals surface area contributed by atoms with Gasteiger partial charge in [0, 0.05) is 0 Å². The number of hydrogen-bond acceptors (Lipinski definition) is 2. The van der Waals surface area contributed by atoms with Crippen LogP contribution in [0.25, 0.3) is 0 Å². The van der Waals surface area contributed by atoms with E-state index in [2.05, 4.69) is 20.8 Å². The van der Waals surface area contributed by atoms with E-state index in [-0.39, 0.29) is 11.9 Å². The second kappa shape index (κ2) is 16.8. The minimum absolute atomic E-state index is 0.0564. The largest absolute Gasteiger partial charge is 0.465 e. The Morgan fingerprint density at radius 3 is 1.82 bits per heavy atom. The molecule has 0 saturated carbocycles. The van der Waals surface area contributed by atoms with Crippen LogP contribution in [-0.4, -0.2) is 12.6 Å². The monoisotopic (exact) mass is 312 g/mol. The van der Waals surface area contributed by atoms with Crippen molar-refractivity contribution in [2.45, 2.75) is 111 Å². The molecule has 0 spiro atoms. The van der Waals surface area contributed by atoms with Crippen LogP contribution in [-0.2, 0) is 9.53 Å². The maximum absolute atomic E-state index is 12.1. The van der Waals surface area contributed by atoms with Crippen molar-refractivity contribution < 1.29 is 9.53 Å². The highest BCUT2D eigenvalue weighted by atomic mass is 16.5. The van der Waals surface area contributed by atoms with Crippen molar-refractivity contribution in [1.82, 2.24) is 0 Å². The van der Waals surface area contributed by atoms with E-state index in [1.807, 2.05) is 0 Å². The maximum Gasteiger partial charge on any atom is 0.308 e. The van der Waals surface area contributed by atoms with E-state index in [1.165, 1.54) is 57.8 Å². The van der Waals surface area contributed by atoms with Crippen LogP contribution in [0, 0.1) is 5.92 Å². The van der Waals surface area contributed by atoms with Crippen LogP contribution in [0.2, 0.25) is 0 Å². The molecule has 0 aromatic heterocycles. The maximum atomic E-state index is 12.1. The van der Waals surface area contributed by atoms with Gasteiger partial charge in [0.05, 0.1) is 12.5 Å². The molecule has 0 radical (unpaired) electrons. The molecule has 0 heterocycles. The third-order valence-electron chi connectivity index (χ3n) is 4.37. The minimum atomic E-state index is 0.0564. The standard InChI is InChI=1S/C20H40O2/c1-4-7-9-10-11-12-13-15-18-22-20(21)19(16-6-3)17-14-8-5-2/h19H,4-18H2,1-3H3. The van der Waals surface area contributed by atoms with Crippen LogP contribution in [0.1, 0.15) is 111 Å². The second-order valence-corrected chi connectivity index (χ2v) is 6.62. The topological polar surface area (TPSA) is 26.3 Å². The second-order valence-electron chi connectivity index (χ2n) is 6.62. The molecule has 2 nitrogen and oxygen atoms in total. The summed E-state index contributed by atoms with van der Waals surface area (Å²) in [7, 11) is 0. The van der Waals surface area contributed by atoms with E-state index in [0.717, 1.165) is 32.1 Å². The van der Waals surface area contributed by atoms with E-state index in [1.54, 1.807) is 0 Å². The highest BCUT2D eigenvalue weighted by molar-refractivity contribution is 5.72. The third kappa shape index (κ3) is 13.2. The van der Waals surface area contributed by atoms with Gasteiger partial charge in [-0.25, -0.2) is 0 Å². The number of carbonyl (C=O) groups excluding carboxylic acids is 1. The molecule has 132 valence electrons. The summed E-state index contributed by atoms with van der Waals surface area (Å²) in [5.41, 5.74) is 0. The van der Waals surface area contributed by atoms with E-state index >= 15 is 0 Å². The molecule has 0 aromatic carbocycles. The lowest BCUT2D eigenvalue weighted by Crippen LogP contribution is -2.18. The van der Waals surface area contributed by atoms with Crippen molar-refractivity contribution in [2.24, 2.45) is 5.92 Å². The molecule has 1 atom stereocenters. The molecule has 0 rings (SSSR count). The first-order valence-electron chi connectivity index (χ1n) is 9.92. The minimum Gasteiger partial charge on any atom is -0.465 e. The highest BCUT2D eigenvalue weighted by Crippen LogP contribution is 2.18. The zero-order chi connectivity index (χ0) is 16.5. The Morgan fingerprint density at radius 1 is 0.682 bits per heavy atom. The van der Waals surface area contributed by atoms with Gasteiger partial charge < -0.3 is 4.74 Å². The Hall–Kier alpha value is -0.530. The van der Waals surface area contributed by atoms with Crippen LogP contribution >= 0.6 is 0 Å². The van der Waals surface area contributed by atoms with Crippen molar-refractivity contribution in [3.05, 3.63) is 0 Å². The Balaban J connectivity index is 3.58. The van der Waals surface area contributed by atoms with Crippen LogP contribution in [0.4, 0.5) is 0 Å². The number of hydrogen-bond donors (Lipinski definition) is 0. The molecule has 22 heavy (non-hydrogen) atoms. The normalized spacial score (nSPS) is 12.3. The number of carbonyl (C=O) groups is 1. The number of rotatable bonds is 16. The van der Waals surface area contributed by atoms with Crippen molar-refractivity contribution >= 4 is 5.97 Å². The summed E-state index contributed by atoms with van der Waals surface area (Å²) in [6.07, 6.45) is 17.0. The lowest BCUT2D eigenvalue weighted by molar-refractivity contribution is -0.149. The smallest absolute Gasteiger partial charge is 0.308 e. The summed E-state index contributed by atoms with van der Waals surface area (Å²) in [5, 5.41) is 0. The molecule has 2 heteroatoms. The van der Waals surface area contributed by atoms with Gasteiger partial charge >= 0.3 is 5.97 Å². The van der Waals surface area contributed by atoms with Crippen LogP contribution in [0.3, 0.4) is 0 Å². The molecule has 0 amide bonds. The molecule has 0 saturated heterocycles. The Morgan fingerprint density at radius 2 is 1.23 bits per heavy atom. The van der Waals surface area contributed by atoms with E-state index in [0.29, 0.717) is 6.61 Å². The van der Waals surface area contributed by atoms with Gasteiger partial charge in [0.25, 0.3) is 0 Å². The van der Waals surface area contributed by atoms with E-state index in [9.17, 15) is 4.79 Å². The van der Waals surface area contributed by atoms with Crippen LogP contribution < -0.4 is 0 Å². The van der Waals surface area contributed by atoms with Gasteiger partial charge in [-0.1, -0.05) is 91.4 Å². The van der Waals surface area contributed by atoms with Gasteiger partial charge in [-0.15, -0.1) is 0 Å². The first-order chi connectivity index (χ1) is 10.8. The molecule has 0 N–H and O–H groups in total. The number of esters is 1. The first-order valence-corrected chi connectivity index (χ1v) is 9.92. The fraction of sp³-hybridized carbons (Fsp3) is 0.950. The van der Waals surface area contributed by atoms with Gasteiger partial charge in [-0.3, -0.25) is 4.79 Å². The predicted molar refractivity (Wildman–Crippen MR) is 96.1 cm³/mol. The van der Waals surface area contributed by atoms with Crippen molar-refractivity contribution in [2.75, 3.05) is 6.61 Å². The summed E-state index contributed by atoms with van der Waals surface area (Å²) in [4.78, 5) is 12.1. The molecule has 0 aliphatic carbocycles. The summed E-state index contributed by atoms with van der Waals surface area (Å²) in [5.74, 6) is 0.200. The Kier molecular flexibility index (Phi) is 16.4. The zero-order valence-electron chi connectivity index (χ0n) is 15.5. The molecule has 0 aliphatic heterocycles. The number of unbranched alkanes of at least 4 members (excludes halogenated alkanes) is 9. The van der Waals surface area contributed by atoms with Gasteiger partial charge in [0.1, 0.15) is 0 Å². The molecule has 0 fully saturated rings. The van der Waals surface area contributed by atoms with E-state index < -0.39 is 0 Å².